The first-order valence-corrected chi connectivity index (χ1v) is 8.45. The third kappa shape index (κ3) is 3.19. The van der Waals surface area contributed by atoms with Crippen molar-refractivity contribution in [3.8, 4) is 0 Å². The fraction of sp³-hybridized carbons (Fsp3) is 0.643. The second-order valence-corrected chi connectivity index (χ2v) is 7.98. The van der Waals surface area contributed by atoms with Crippen molar-refractivity contribution >= 4 is 10.0 Å². The zero-order valence-electron chi connectivity index (χ0n) is 12.2. The third-order valence-corrected chi connectivity index (χ3v) is 5.93. The van der Waals surface area contributed by atoms with E-state index in [4.69, 9.17) is 5.73 Å². The Hall–Kier alpha value is -0.980. The SMILES string of the molecule is CC1(C)CCCN(S(=O)(=O)c2cccnc2CN)CC1. The van der Waals surface area contributed by atoms with Gasteiger partial charge in [-0.05, 0) is 36.8 Å². The number of nitrogens with zero attached hydrogens (tertiary/aromatic N) is 2. The van der Waals surface area contributed by atoms with Gasteiger partial charge in [-0.1, -0.05) is 13.8 Å². The fourth-order valence-electron chi connectivity index (χ4n) is 2.59. The van der Waals surface area contributed by atoms with Crippen LogP contribution in [0.4, 0.5) is 0 Å². The summed E-state index contributed by atoms with van der Waals surface area (Å²) in [7, 11) is -3.49. The Balaban J connectivity index is 2.30. The van der Waals surface area contributed by atoms with Crippen LogP contribution in [0.25, 0.3) is 0 Å². The predicted octanol–water partition coefficient (Wildman–Crippen LogP) is 1.74. The average Bonchev–Trinajstić information content (AvgIpc) is 2.60. The normalized spacial score (nSPS) is 20.6. The summed E-state index contributed by atoms with van der Waals surface area (Å²) in [6, 6.07) is 3.24. The highest BCUT2D eigenvalue weighted by atomic mass is 32.2. The molecular formula is C14H23N3O2S. The van der Waals surface area contributed by atoms with Crippen LogP contribution in [0.15, 0.2) is 23.2 Å². The lowest BCUT2D eigenvalue weighted by molar-refractivity contribution is 0.314. The van der Waals surface area contributed by atoms with Crippen LogP contribution < -0.4 is 5.73 Å². The summed E-state index contributed by atoms with van der Waals surface area (Å²) < 4.78 is 27.1. The summed E-state index contributed by atoms with van der Waals surface area (Å²) in [5.74, 6) is 0. The van der Waals surface area contributed by atoms with Crippen LogP contribution in [0.3, 0.4) is 0 Å². The molecule has 0 spiro atoms. The van der Waals surface area contributed by atoms with Crippen molar-refractivity contribution in [1.29, 1.82) is 0 Å². The van der Waals surface area contributed by atoms with Gasteiger partial charge < -0.3 is 5.73 Å². The summed E-state index contributed by atoms with van der Waals surface area (Å²) in [5, 5.41) is 0. The molecule has 0 saturated carbocycles. The molecular weight excluding hydrogens is 274 g/mol. The first-order valence-electron chi connectivity index (χ1n) is 7.01. The van der Waals surface area contributed by atoms with Gasteiger partial charge in [0.05, 0.1) is 5.69 Å². The van der Waals surface area contributed by atoms with Gasteiger partial charge in [0.1, 0.15) is 4.90 Å². The molecule has 0 bridgehead atoms. The molecule has 0 unspecified atom stereocenters. The van der Waals surface area contributed by atoms with E-state index in [0.717, 1.165) is 19.3 Å². The maximum Gasteiger partial charge on any atom is 0.244 e. The first-order chi connectivity index (χ1) is 9.37. The van der Waals surface area contributed by atoms with Crippen molar-refractivity contribution in [3.63, 3.8) is 0 Å². The minimum atomic E-state index is -3.49. The molecule has 1 fully saturated rings. The Morgan fingerprint density at radius 2 is 2.10 bits per heavy atom. The number of aromatic nitrogens is 1. The van der Waals surface area contributed by atoms with Crippen molar-refractivity contribution in [3.05, 3.63) is 24.0 Å². The van der Waals surface area contributed by atoms with Gasteiger partial charge >= 0.3 is 0 Å². The first kappa shape index (κ1) is 15.4. The Morgan fingerprint density at radius 1 is 1.35 bits per heavy atom. The van der Waals surface area contributed by atoms with Crippen molar-refractivity contribution in [1.82, 2.24) is 9.29 Å². The van der Waals surface area contributed by atoms with E-state index in [9.17, 15) is 8.42 Å². The van der Waals surface area contributed by atoms with E-state index in [1.807, 2.05) is 0 Å². The van der Waals surface area contributed by atoms with Gasteiger partial charge in [0.15, 0.2) is 0 Å². The molecule has 0 radical (unpaired) electrons. The molecule has 5 nitrogen and oxygen atoms in total. The molecule has 112 valence electrons. The monoisotopic (exact) mass is 297 g/mol. The van der Waals surface area contributed by atoms with Gasteiger partial charge in [0.2, 0.25) is 10.0 Å². The average molecular weight is 297 g/mol. The topological polar surface area (TPSA) is 76.3 Å². The lowest BCUT2D eigenvalue weighted by Crippen LogP contribution is -2.33. The molecule has 1 aromatic heterocycles. The van der Waals surface area contributed by atoms with Crippen LogP contribution in [0.5, 0.6) is 0 Å². The van der Waals surface area contributed by atoms with Crippen molar-refractivity contribution in [2.45, 2.75) is 44.6 Å². The molecule has 20 heavy (non-hydrogen) atoms. The van der Waals surface area contributed by atoms with E-state index in [0.29, 0.717) is 18.8 Å². The lowest BCUT2D eigenvalue weighted by atomic mass is 9.85. The second kappa shape index (κ2) is 5.79. The quantitative estimate of drug-likeness (QED) is 0.922. The van der Waals surface area contributed by atoms with Crippen LogP contribution >= 0.6 is 0 Å². The number of sulfonamides is 1. The second-order valence-electron chi connectivity index (χ2n) is 6.07. The molecule has 2 N–H and O–H groups in total. The highest BCUT2D eigenvalue weighted by molar-refractivity contribution is 7.89. The highest BCUT2D eigenvalue weighted by Gasteiger charge is 2.31. The third-order valence-electron chi connectivity index (χ3n) is 3.96. The molecule has 1 saturated heterocycles. The van der Waals surface area contributed by atoms with Crippen LogP contribution in [-0.2, 0) is 16.6 Å². The van der Waals surface area contributed by atoms with E-state index in [2.05, 4.69) is 18.8 Å². The summed E-state index contributed by atoms with van der Waals surface area (Å²) in [6.07, 6.45) is 4.40. The molecule has 0 aromatic carbocycles. The molecule has 6 heteroatoms. The number of nitrogens with two attached hydrogens (primary N) is 1. The minimum absolute atomic E-state index is 0.134. The van der Waals surface area contributed by atoms with E-state index < -0.39 is 10.0 Å². The Bertz CT molecular complexity index is 570. The Morgan fingerprint density at radius 3 is 2.80 bits per heavy atom. The van der Waals surface area contributed by atoms with E-state index in [1.54, 1.807) is 22.6 Å². The number of hydrogen-bond donors (Lipinski definition) is 1. The Kier molecular flexibility index (Phi) is 4.46. The predicted molar refractivity (Wildman–Crippen MR) is 78.5 cm³/mol. The Labute approximate surface area is 121 Å². The zero-order chi connectivity index (χ0) is 14.8. The lowest BCUT2D eigenvalue weighted by Gasteiger charge is -2.23. The van der Waals surface area contributed by atoms with Gasteiger partial charge in [-0.25, -0.2) is 8.42 Å². The number of hydrogen-bond acceptors (Lipinski definition) is 4. The summed E-state index contributed by atoms with van der Waals surface area (Å²) >= 11 is 0. The van der Waals surface area contributed by atoms with Crippen molar-refractivity contribution in [2.24, 2.45) is 11.1 Å². The molecule has 0 atom stereocenters. The molecule has 2 heterocycles. The standard InChI is InChI=1S/C14H23N3O2S/c1-14(2)6-4-9-17(10-7-14)20(18,19)13-5-3-8-16-12(13)11-15/h3,5,8H,4,6-7,9-11,15H2,1-2H3. The van der Waals surface area contributed by atoms with Crippen LogP contribution in [0.1, 0.15) is 38.8 Å². The largest absolute Gasteiger partial charge is 0.325 e. The number of rotatable bonds is 3. The van der Waals surface area contributed by atoms with E-state index >= 15 is 0 Å². The highest BCUT2D eigenvalue weighted by Crippen LogP contribution is 2.32. The van der Waals surface area contributed by atoms with Gasteiger partial charge in [-0.15, -0.1) is 0 Å². The molecule has 0 aliphatic carbocycles. The molecule has 2 rings (SSSR count). The fourth-order valence-corrected chi connectivity index (χ4v) is 4.25. The molecule has 1 aliphatic heterocycles. The van der Waals surface area contributed by atoms with Crippen molar-refractivity contribution < 1.29 is 8.42 Å². The van der Waals surface area contributed by atoms with Crippen LogP contribution in [0.2, 0.25) is 0 Å². The van der Waals surface area contributed by atoms with Gasteiger partial charge in [-0.2, -0.15) is 4.31 Å². The van der Waals surface area contributed by atoms with Gasteiger partial charge in [-0.3, -0.25) is 4.98 Å². The maximum absolute atomic E-state index is 12.8. The summed E-state index contributed by atoms with van der Waals surface area (Å²) in [6.45, 7) is 5.66. The molecule has 1 aliphatic rings. The summed E-state index contributed by atoms with van der Waals surface area (Å²) in [5.41, 5.74) is 6.25. The smallest absolute Gasteiger partial charge is 0.244 e. The molecule has 1 aromatic rings. The van der Waals surface area contributed by atoms with Crippen molar-refractivity contribution in [2.75, 3.05) is 13.1 Å². The molecule has 0 amide bonds. The minimum Gasteiger partial charge on any atom is -0.325 e. The van der Waals surface area contributed by atoms with E-state index in [-0.39, 0.29) is 16.9 Å². The van der Waals surface area contributed by atoms with Gasteiger partial charge in [0, 0.05) is 25.8 Å². The van der Waals surface area contributed by atoms with Crippen LogP contribution in [0, 0.1) is 5.41 Å². The zero-order valence-corrected chi connectivity index (χ0v) is 13.0. The van der Waals surface area contributed by atoms with Crippen LogP contribution in [-0.4, -0.2) is 30.8 Å². The maximum atomic E-state index is 12.8. The van der Waals surface area contributed by atoms with E-state index in [1.165, 1.54) is 0 Å². The van der Waals surface area contributed by atoms with Gasteiger partial charge in [0.25, 0.3) is 0 Å². The number of pyridine rings is 1. The summed E-state index contributed by atoms with van der Waals surface area (Å²) in [4.78, 5) is 4.33.